The van der Waals surface area contributed by atoms with Crippen molar-refractivity contribution in [1.29, 1.82) is 0 Å². The van der Waals surface area contributed by atoms with Crippen LogP contribution in [0, 0.1) is 0 Å². The molecule has 0 aliphatic heterocycles. The van der Waals surface area contributed by atoms with Crippen LogP contribution in [0.3, 0.4) is 0 Å². The Bertz CT molecular complexity index is 1250. The number of rotatable bonds is 13. The molecule has 0 aliphatic carbocycles. The molecule has 1 N–H and O–H groups in total. The maximum absolute atomic E-state index is 13.1. The maximum atomic E-state index is 13.1. The minimum absolute atomic E-state index is 0.0909. The van der Waals surface area contributed by atoms with Gasteiger partial charge in [-0.15, -0.1) is 5.10 Å². The molecule has 3 rings (SSSR count). The Morgan fingerprint density at radius 1 is 0.944 bits per heavy atom. The van der Waals surface area contributed by atoms with Crippen LogP contribution in [0.5, 0.6) is 11.5 Å². The summed E-state index contributed by atoms with van der Waals surface area (Å²) in [4.78, 5) is 12.8. The van der Waals surface area contributed by atoms with E-state index in [1.54, 1.807) is 18.2 Å². The normalized spacial score (nSPS) is 11.5. The maximum Gasteiger partial charge on any atom is 0.322 e. The molecule has 1 amide bonds. The van der Waals surface area contributed by atoms with E-state index in [2.05, 4.69) is 15.5 Å². The molecule has 0 spiro atoms. The lowest BCUT2D eigenvalue weighted by Crippen LogP contribution is -2.33. The first-order chi connectivity index (χ1) is 17.3. The van der Waals surface area contributed by atoms with Crippen molar-refractivity contribution < 1.29 is 27.1 Å². The molecule has 0 saturated carbocycles. The third kappa shape index (κ3) is 6.41. The number of ether oxygens (including phenoxy) is 2. The summed E-state index contributed by atoms with van der Waals surface area (Å²) in [5, 5.41) is 10.4. The third-order valence-electron chi connectivity index (χ3n) is 5.55. The lowest BCUT2D eigenvalue weighted by molar-refractivity contribution is 0.102. The van der Waals surface area contributed by atoms with Crippen molar-refractivity contribution in [3.05, 3.63) is 48.0 Å². The molecule has 0 fully saturated rings. The molecule has 0 aliphatic rings. The average Bonchev–Trinajstić information content (AvgIpc) is 3.36. The van der Waals surface area contributed by atoms with Gasteiger partial charge >= 0.3 is 6.01 Å². The number of nitrogens with one attached hydrogen (secondary N) is 1. The van der Waals surface area contributed by atoms with Gasteiger partial charge in [0, 0.05) is 24.2 Å². The first-order valence-corrected chi connectivity index (χ1v) is 13.3. The molecule has 1 aromatic heterocycles. The van der Waals surface area contributed by atoms with Crippen LogP contribution < -0.4 is 14.8 Å². The summed E-state index contributed by atoms with van der Waals surface area (Å²) in [5.74, 6) is 0.734. The number of hydrogen-bond acceptors (Lipinski definition) is 8. The Kier molecular flexibility index (Phi) is 9.43. The summed E-state index contributed by atoms with van der Waals surface area (Å²) in [6.07, 6.45) is 3.39. The Labute approximate surface area is 211 Å². The second-order valence-corrected chi connectivity index (χ2v) is 10.0. The lowest BCUT2D eigenvalue weighted by Gasteiger charge is -2.22. The molecule has 0 saturated heterocycles. The van der Waals surface area contributed by atoms with Gasteiger partial charge in [0.1, 0.15) is 0 Å². The third-order valence-corrected chi connectivity index (χ3v) is 7.47. The number of carbonyl (C=O) groups is 1. The number of aromatic nitrogens is 2. The predicted octanol–water partition coefficient (Wildman–Crippen LogP) is 4.60. The van der Waals surface area contributed by atoms with Gasteiger partial charge in [0.05, 0.1) is 19.1 Å². The fraction of sp³-hybridized carbons (Fsp3) is 0.400. The van der Waals surface area contributed by atoms with Gasteiger partial charge < -0.3 is 13.9 Å². The highest BCUT2D eigenvalue weighted by Crippen LogP contribution is 2.32. The zero-order chi connectivity index (χ0) is 26.1. The summed E-state index contributed by atoms with van der Waals surface area (Å²) < 4.78 is 43.8. The largest absolute Gasteiger partial charge is 0.493 e. The van der Waals surface area contributed by atoms with E-state index in [4.69, 9.17) is 13.9 Å². The van der Waals surface area contributed by atoms with E-state index in [9.17, 15) is 13.2 Å². The minimum atomic E-state index is -3.64. The number of sulfonamides is 1. The van der Waals surface area contributed by atoms with Crippen LogP contribution in [0.2, 0.25) is 0 Å². The van der Waals surface area contributed by atoms with Crippen molar-refractivity contribution in [2.45, 2.75) is 44.4 Å². The van der Waals surface area contributed by atoms with Crippen LogP contribution in [0.15, 0.2) is 51.8 Å². The molecule has 1 heterocycles. The summed E-state index contributed by atoms with van der Waals surface area (Å²) >= 11 is 0. The first-order valence-electron chi connectivity index (χ1n) is 11.8. The van der Waals surface area contributed by atoms with E-state index in [-0.39, 0.29) is 22.4 Å². The van der Waals surface area contributed by atoms with Crippen molar-refractivity contribution in [1.82, 2.24) is 14.5 Å². The van der Waals surface area contributed by atoms with Gasteiger partial charge in [-0.3, -0.25) is 10.1 Å². The first kappa shape index (κ1) is 27.2. The molecule has 11 heteroatoms. The molecular weight excluding hydrogens is 484 g/mol. The smallest absolute Gasteiger partial charge is 0.322 e. The SMILES string of the molecule is CCCCN(CCCC)S(=O)(=O)c1ccc(C(=O)Nc2nnc(-c3ccc(OC)c(OC)c3)o2)cc1. The van der Waals surface area contributed by atoms with Gasteiger partial charge in [-0.1, -0.05) is 31.8 Å². The molecule has 194 valence electrons. The van der Waals surface area contributed by atoms with Crippen molar-refractivity contribution >= 4 is 21.9 Å². The molecular formula is C25H32N4O6S. The monoisotopic (exact) mass is 516 g/mol. The summed E-state index contributed by atoms with van der Waals surface area (Å²) in [7, 11) is -0.588. The standard InChI is InChI=1S/C25H32N4O6S/c1-5-7-15-29(16-8-6-2)36(31,32)20-12-9-18(10-13-20)23(30)26-25-28-27-24(35-25)19-11-14-21(33-3)22(17-19)34-4/h9-14,17H,5-8,15-16H2,1-4H3,(H,26,28,30). The summed E-state index contributed by atoms with van der Waals surface area (Å²) in [6, 6.07) is 10.8. The van der Waals surface area contributed by atoms with E-state index in [1.807, 2.05) is 13.8 Å². The summed E-state index contributed by atoms with van der Waals surface area (Å²) in [6.45, 7) is 5.00. The van der Waals surface area contributed by atoms with Crippen molar-refractivity contribution in [2.24, 2.45) is 0 Å². The molecule has 0 atom stereocenters. The van der Waals surface area contributed by atoms with Gasteiger partial charge in [-0.2, -0.15) is 4.31 Å². The van der Waals surface area contributed by atoms with Crippen LogP contribution in [-0.2, 0) is 10.0 Å². The van der Waals surface area contributed by atoms with E-state index in [0.717, 1.165) is 25.7 Å². The lowest BCUT2D eigenvalue weighted by atomic mass is 10.2. The quantitative estimate of drug-likeness (QED) is 0.350. The Morgan fingerprint density at radius 3 is 2.17 bits per heavy atom. The van der Waals surface area contributed by atoms with E-state index in [0.29, 0.717) is 30.2 Å². The molecule has 0 bridgehead atoms. The number of anilines is 1. The number of methoxy groups -OCH3 is 2. The number of benzene rings is 2. The van der Waals surface area contributed by atoms with E-state index >= 15 is 0 Å². The van der Waals surface area contributed by atoms with Crippen LogP contribution in [0.1, 0.15) is 49.9 Å². The molecule has 0 unspecified atom stereocenters. The number of unbranched alkanes of at least 4 members (excludes halogenated alkanes) is 2. The Balaban J connectivity index is 1.71. The van der Waals surface area contributed by atoms with Crippen LogP contribution in [0.25, 0.3) is 11.5 Å². The van der Waals surface area contributed by atoms with E-state index < -0.39 is 15.9 Å². The topological polar surface area (TPSA) is 124 Å². The molecule has 36 heavy (non-hydrogen) atoms. The minimum Gasteiger partial charge on any atom is -0.493 e. The van der Waals surface area contributed by atoms with Crippen LogP contribution in [-0.4, -0.2) is 56.1 Å². The zero-order valence-corrected chi connectivity index (χ0v) is 21.8. The number of nitrogens with zero attached hydrogens (tertiary/aromatic N) is 3. The average molecular weight is 517 g/mol. The Morgan fingerprint density at radius 2 is 1.58 bits per heavy atom. The molecule has 0 radical (unpaired) electrons. The molecule has 10 nitrogen and oxygen atoms in total. The van der Waals surface area contributed by atoms with Gasteiger partial charge in [0.15, 0.2) is 11.5 Å². The molecule has 3 aromatic rings. The number of carbonyl (C=O) groups excluding carboxylic acids is 1. The second-order valence-electron chi connectivity index (χ2n) is 8.07. The predicted molar refractivity (Wildman–Crippen MR) is 136 cm³/mol. The van der Waals surface area contributed by atoms with Crippen LogP contribution in [0.4, 0.5) is 6.01 Å². The molecule has 2 aromatic carbocycles. The fourth-order valence-corrected chi connectivity index (χ4v) is 4.99. The zero-order valence-electron chi connectivity index (χ0n) is 21.0. The van der Waals surface area contributed by atoms with Gasteiger partial charge in [-0.05, 0) is 55.3 Å². The van der Waals surface area contributed by atoms with Crippen molar-refractivity contribution in [2.75, 3.05) is 32.6 Å². The van der Waals surface area contributed by atoms with Crippen molar-refractivity contribution in [3.8, 4) is 23.0 Å². The number of hydrogen-bond donors (Lipinski definition) is 1. The van der Waals surface area contributed by atoms with Gasteiger partial charge in [-0.25, -0.2) is 8.42 Å². The summed E-state index contributed by atoms with van der Waals surface area (Å²) in [5.41, 5.74) is 0.847. The highest BCUT2D eigenvalue weighted by atomic mass is 32.2. The number of amides is 1. The van der Waals surface area contributed by atoms with E-state index in [1.165, 1.54) is 42.8 Å². The highest BCUT2D eigenvalue weighted by molar-refractivity contribution is 7.89. The fourth-order valence-electron chi connectivity index (χ4n) is 3.48. The van der Waals surface area contributed by atoms with Gasteiger partial charge in [0.2, 0.25) is 15.9 Å². The van der Waals surface area contributed by atoms with Gasteiger partial charge in [0.25, 0.3) is 5.91 Å². The Hall–Kier alpha value is -3.44. The van der Waals surface area contributed by atoms with Crippen molar-refractivity contribution in [3.63, 3.8) is 0 Å². The van der Waals surface area contributed by atoms with Crippen LogP contribution >= 0.6 is 0 Å². The second kappa shape index (κ2) is 12.5. The highest BCUT2D eigenvalue weighted by Gasteiger charge is 2.24.